The fourth-order valence-corrected chi connectivity index (χ4v) is 4.16. The Morgan fingerprint density at radius 2 is 1.71 bits per heavy atom. The fraction of sp³-hybridized carbons (Fsp3) is 0.158. The Morgan fingerprint density at radius 1 is 1.06 bits per heavy atom. The third-order valence-electron chi connectivity index (χ3n) is 4.02. The van der Waals surface area contributed by atoms with E-state index in [0.29, 0.717) is 12.1 Å². The number of ether oxygens (including phenoxy) is 2. The van der Waals surface area contributed by atoms with E-state index in [4.69, 9.17) is 37.1 Å². The highest BCUT2D eigenvalue weighted by molar-refractivity contribution is 7.69. The Hall–Kier alpha value is -2.74. The Bertz CT molecular complexity index is 1190. The van der Waals surface area contributed by atoms with Crippen molar-refractivity contribution in [3.8, 4) is 11.5 Å². The number of amides is 1. The van der Waals surface area contributed by atoms with E-state index in [2.05, 4.69) is 15.3 Å². The first-order chi connectivity index (χ1) is 14.9. The Balaban J connectivity index is 1.28. The summed E-state index contributed by atoms with van der Waals surface area (Å²) in [5.74, 6) is -0.580. The molecule has 0 radical (unpaired) electrons. The first-order valence-electron chi connectivity index (χ1n) is 8.80. The summed E-state index contributed by atoms with van der Waals surface area (Å²) in [6, 6.07) is 7.99. The molecule has 0 aliphatic carbocycles. The van der Waals surface area contributed by atoms with Gasteiger partial charge in [-0.3, -0.25) is 4.79 Å². The standard InChI is InChI=1S/C19H12Cl2F2N3O4P/c20-12-3-1-10(5-14(12)22)28-7-17(27)26-31-9-16(31)19-25-24-18(30-19)8-29-11-2-4-13(21)15(23)6-11/h1-6H,7-9H2/p+1. The van der Waals surface area contributed by atoms with Crippen LogP contribution >= 0.6 is 30.9 Å². The first kappa shape index (κ1) is 21.5. The lowest BCUT2D eigenvalue weighted by Crippen LogP contribution is -2.22. The van der Waals surface area contributed by atoms with Crippen LogP contribution in [0.1, 0.15) is 11.8 Å². The van der Waals surface area contributed by atoms with Gasteiger partial charge in [0.15, 0.2) is 13.2 Å². The normalized spacial score (nSPS) is 13.8. The van der Waals surface area contributed by atoms with Gasteiger partial charge in [0.2, 0.25) is 13.9 Å². The summed E-state index contributed by atoms with van der Waals surface area (Å²) >= 11 is 11.2. The van der Waals surface area contributed by atoms with Crippen LogP contribution in [0, 0.1) is 11.6 Å². The molecule has 0 saturated heterocycles. The Kier molecular flexibility index (Phi) is 6.36. The van der Waals surface area contributed by atoms with E-state index in [-0.39, 0.29) is 46.6 Å². The van der Waals surface area contributed by atoms with Crippen LogP contribution in [-0.2, 0) is 11.4 Å². The van der Waals surface area contributed by atoms with E-state index in [9.17, 15) is 13.6 Å². The molecule has 1 aliphatic heterocycles. The lowest BCUT2D eigenvalue weighted by molar-refractivity contribution is -0.121. The number of carbonyl (C=O) groups excluding carboxylic acids is 1. The molecule has 2 heterocycles. The molecule has 1 N–H and O–H groups in total. The number of halogens is 4. The van der Waals surface area contributed by atoms with Crippen LogP contribution in [-0.4, -0.2) is 34.2 Å². The second kappa shape index (κ2) is 9.18. The van der Waals surface area contributed by atoms with E-state index in [1.165, 1.54) is 24.3 Å². The van der Waals surface area contributed by atoms with Crippen LogP contribution in [0.3, 0.4) is 0 Å². The average Bonchev–Trinajstić information content (AvgIpc) is 3.34. The third kappa shape index (κ3) is 5.50. The van der Waals surface area contributed by atoms with E-state index in [1.807, 2.05) is 0 Å². The average molecular weight is 487 g/mol. The molecular weight excluding hydrogens is 474 g/mol. The van der Waals surface area contributed by atoms with Gasteiger partial charge in [-0.2, -0.15) is 5.09 Å². The minimum Gasteiger partial charge on any atom is -0.484 e. The van der Waals surface area contributed by atoms with Gasteiger partial charge in [-0.05, 0) is 24.3 Å². The van der Waals surface area contributed by atoms with Crippen LogP contribution in [0.2, 0.25) is 10.0 Å². The summed E-state index contributed by atoms with van der Waals surface area (Å²) in [5.41, 5.74) is 0. The quantitative estimate of drug-likeness (QED) is 0.476. The van der Waals surface area contributed by atoms with Gasteiger partial charge >= 0.3 is 0 Å². The summed E-state index contributed by atoms with van der Waals surface area (Å²) in [6.45, 7) is -0.315. The molecule has 0 spiro atoms. The number of nitrogens with one attached hydrogen (secondary N) is 1. The lowest BCUT2D eigenvalue weighted by Gasteiger charge is -2.04. The fourth-order valence-electron chi connectivity index (χ4n) is 2.44. The van der Waals surface area contributed by atoms with Gasteiger partial charge < -0.3 is 13.9 Å². The molecule has 4 rings (SSSR count). The monoisotopic (exact) mass is 486 g/mol. The maximum absolute atomic E-state index is 13.4. The maximum atomic E-state index is 13.4. The minimum atomic E-state index is -0.929. The van der Waals surface area contributed by atoms with Crippen LogP contribution in [0.5, 0.6) is 11.5 Å². The molecule has 0 bridgehead atoms. The van der Waals surface area contributed by atoms with Gasteiger partial charge in [0.05, 0.1) is 10.0 Å². The van der Waals surface area contributed by atoms with Crippen molar-refractivity contribution < 1.29 is 27.5 Å². The van der Waals surface area contributed by atoms with Crippen molar-refractivity contribution in [3.05, 3.63) is 69.9 Å². The predicted molar refractivity (Wildman–Crippen MR) is 111 cm³/mol. The van der Waals surface area contributed by atoms with Gasteiger partial charge in [-0.15, -0.1) is 10.2 Å². The second-order valence-corrected chi connectivity index (χ2v) is 9.05. The predicted octanol–water partition coefficient (Wildman–Crippen LogP) is 4.36. The van der Waals surface area contributed by atoms with Crippen molar-refractivity contribution in [1.29, 1.82) is 0 Å². The molecule has 1 aromatic heterocycles. The summed E-state index contributed by atoms with van der Waals surface area (Å²) in [6.07, 6.45) is 0.613. The van der Waals surface area contributed by atoms with Crippen LogP contribution in [0.4, 0.5) is 8.78 Å². The molecule has 7 nitrogen and oxygen atoms in total. The van der Waals surface area contributed by atoms with Crippen LogP contribution in [0.25, 0.3) is 0 Å². The largest absolute Gasteiger partial charge is 0.484 e. The maximum Gasteiger partial charge on any atom is 0.294 e. The Morgan fingerprint density at radius 3 is 2.35 bits per heavy atom. The van der Waals surface area contributed by atoms with Gasteiger partial charge in [-0.1, -0.05) is 23.2 Å². The molecule has 1 atom stereocenters. The molecular formula is C19H13Cl2F2N3O4P+. The highest BCUT2D eigenvalue weighted by Gasteiger charge is 2.45. The van der Waals surface area contributed by atoms with Gasteiger partial charge in [0.25, 0.3) is 23.0 Å². The summed E-state index contributed by atoms with van der Waals surface area (Å²) < 4.78 is 43.0. The van der Waals surface area contributed by atoms with Crippen molar-refractivity contribution in [2.75, 3.05) is 12.8 Å². The molecule has 12 heteroatoms. The molecule has 1 aliphatic rings. The summed E-state index contributed by atoms with van der Waals surface area (Å²) in [5, 5.41) is 11.4. The number of hydrogen-bond acceptors (Lipinski definition) is 6. The highest BCUT2D eigenvalue weighted by Crippen LogP contribution is 2.38. The molecule has 0 saturated carbocycles. The molecule has 2 aromatic carbocycles. The first-order valence-corrected chi connectivity index (χ1v) is 11.1. The van der Waals surface area contributed by atoms with E-state index in [1.54, 1.807) is 0 Å². The molecule has 3 aromatic rings. The molecule has 31 heavy (non-hydrogen) atoms. The lowest BCUT2D eigenvalue weighted by atomic mass is 10.3. The van der Waals surface area contributed by atoms with Gasteiger partial charge in [0.1, 0.15) is 23.1 Å². The Labute approximate surface area is 185 Å². The minimum absolute atomic E-state index is 0.00121. The van der Waals surface area contributed by atoms with Crippen molar-refractivity contribution in [2.45, 2.75) is 6.61 Å². The van der Waals surface area contributed by atoms with Crippen molar-refractivity contribution in [3.63, 3.8) is 0 Å². The smallest absolute Gasteiger partial charge is 0.294 e. The zero-order valence-corrected chi connectivity index (χ0v) is 18.0. The van der Waals surface area contributed by atoms with Crippen molar-refractivity contribution >= 4 is 42.1 Å². The van der Waals surface area contributed by atoms with Crippen molar-refractivity contribution in [1.82, 2.24) is 15.3 Å². The van der Waals surface area contributed by atoms with E-state index >= 15 is 0 Å². The van der Waals surface area contributed by atoms with Crippen LogP contribution in [0.15, 0.2) is 40.8 Å². The third-order valence-corrected chi connectivity index (χ3v) is 6.40. The number of carbonyl (C=O) groups is 1. The number of benzene rings is 2. The number of hydrogen-bond donors (Lipinski definition) is 1. The topological polar surface area (TPSA) is 86.5 Å². The van der Waals surface area contributed by atoms with Gasteiger partial charge in [-0.25, -0.2) is 8.78 Å². The second-order valence-electron chi connectivity index (χ2n) is 6.30. The number of rotatable bonds is 8. The molecule has 0 fully saturated rings. The number of aromatic nitrogens is 2. The zero-order chi connectivity index (χ0) is 22.0. The molecule has 160 valence electrons. The van der Waals surface area contributed by atoms with Gasteiger partial charge in [0, 0.05) is 12.1 Å². The van der Waals surface area contributed by atoms with E-state index in [0.717, 1.165) is 17.4 Å². The van der Waals surface area contributed by atoms with E-state index < -0.39 is 19.3 Å². The van der Waals surface area contributed by atoms with Crippen LogP contribution < -0.4 is 14.6 Å². The number of nitrogens with zero attached hydrogens (tertiary/aromatic N) is 2. The summed E-state index contributed by atoms with van der Waals surface area (Å²) in [4.78, 5) is 12.0. The molecule has 1 amide bonds. The van der Waals surface area contributed by atoms with Crippen molar-refractivity contribution in [2.24, 2.45) is 0 Å². The SMILES string of the molecule is O=C(COc1ccc(Cl)c(F)c1)N[P+]1=C(c2nnc(COc3ccc(Cl)c(F)c3)o2)C1. The summed E-state index contributed by atoms with van der Waals surface area (Å²) in [7, 11) is -0.929. The molecule has 1 unspecified atom stereocenters. The zero-order valence-electron chi connectivity index (χ0n) is 15.6. The highest BCUT2D eigenvalue weighted by atomic mass is 35.5.